The number of nitrogens with one attached hydrogen (secondary N) is 1. The fourth-order valence-corrected chi connectivity index (χ4v) is 3.36. The second-order valence-corrected chi connectivity index (χ2v) is 7.22. The van der Waals surface area contributed by atoms with E-state index in [1.165, 1.54) is 0 Å². The standard InChI is InChI=1S/C21H23ClN4O4/c22-15-4-3-5-16(12-15)25-8-10-26(11-9-25)20(28)13-24-21(29)17-6-1-2-7-18(17)30-14-19(23)27/h1-7,12H,8-11,13-14H2,(H2,23,27)(H,24,29). The van der Waals surface area contributed by atoms with Crippen molar-refractivity contribution in [1.82, 2.24) is 10.2 Å². The summed E-state index contributed by atoms with van der Waals surface area (Å²) in [6.45, 7) is 2.02. The Kier molecular flexibility index (Phi) is 7.13. The lowest BCUT2D eigenvalue weighted by atomic mass is 10.2. The lowest BCUT2D eigenvalue weighted by Gasteiger charge is -2.36. The highest BCUT2D eigenvalue weighted by Gasteiger charge is 2.22. The lowest BCUT2D eigenvalue weighted by molar-refractivity contribution is -0.130. The second kappa shape index (κ2) is 9.98. The lowest BCUT2D eigenvalue weighted by Crippen LogP contribution is -2.51. The van der Waals surface area contributed by atoms with Crippen LogP contribution in [0.5, 0.6) is 5.75 Å². The summed E-state index contributed by atoms with van der Waals surface area (Å²) in [6, 6.07) is 14.1. The summed E-state index contributed by atoms with van der Waals surface area (Å²) in [7, 11) is 0. The van der Waals surface area contributed by atoms with E-state index in [1.807, 2.05) is 24.3 Å². The van der Waals surface area contributed by atoms with Crippen molar-refractivity contribution in [3.8, 4) is 5.75 Å². The molecule has 158 valence electrons. The predicted octanol–water partition coefficient (Wildman–Crippen LogP) is 1.28. The number of nitrogens with zero attached hydrogens (tertiary/aromatic N) is 2. The van der Waals surface area contributed by atoms with Gasteiger partial charge < -0.3 is 25.6 Å². The molecule has 0 atom stereocenters. The average Bonchev–Trinajstić information content (AvgIpc) is 2.76. The maximum absolute atomic E-state index is 12.5. The molecule has 0 bridgehead atoms. The molecule has 0 saturated carbocycles. The number of carbonyl (C=O) groups is 3. The summed E-state index contributed by atoms with van der Waals surface area (Å²) in [5.41, 5.74) is 6.33. The van der Waals surface area contributed by atoms with Gasteiger partial charge in [0.25, 0.3) is 11.8 Å². The number of primary amides is 1. The third-order valence-electron chi connectivity index (χ3n) is 4.71. The van der Waals surface area contributed by atoms with E-state index < -0.39 is 11.8 Å². The maximum Gasteiger partial charge on any atom is 0.255 e. The van der Waals surface area contributed by atoms with E-state index in [2.05, 4.69) is 10.2 Å². The van der Waals surface area contributed by atoms with Crippen LogP contribution >= 0.6 is 11.6 Å². The molecule has 1 fully saturated rings. The number of amides is 3. The summed E-state index contributed by atoms with van der Waals surface area (Å²) in [5.74, 6) is -1.03. The normalized spacial score (nSPS) is 13.6. The average molecular weight is 431 g/mol. The highest BCUT2D eigenvalue weighted by molar-refractivity contribution is 6.30. The monoisotopic (exact) mass is 430 g/mol. The molecular formula is C21H23ClN4O4. The summed E-state index contributed by atoms with van der Waals surface area (Å²) in [6.07, 6.45) is 0. The number of hydrogen-bond donors (Lipinski definition) is 2. The molecule has 0 aromatic heterocycles. The fourth-order valence-electron chi connectivity index (χ4n) is 3.18. The molecule has 3 amide bonds. The first-order valence-corrected chi connectivity index (χ1v) is 9.88. The molecule has 1 aliphatic rings. The molecule has 8 nitrogen and oxygen atoms in total. The number of anilines is 1. The van der Waals surface area contributed by atoms with E-state index >= 15 is 0 Å². The third-order valence-corrected chi connectivity index (χ3v) is 4.94. The quantitative estimate of drug-likeness (QED) is 0.688. The number of carbonyl (C=O) groups excluding carboxylic acids is 3. The Balaban J connectivity index is 1.50. The first-order valence-electron chi connectivity index (χ1n) is 9.50. The fraction of sp³-hybridized carbons (Fsp3) is 0.286. The SMILES string of the molecule is NC(=O)COc1ccccc1C(=O)NCC(=O)N1CCN(c2cccc(Cl)c2)CC1. The number of benzene rings is 2. The minimum atomic E-state index is -0.641. The Bertz CT molecular complexity index is 929. The van der Waals surface area contributed by atoms with Crippen LogP contribution in [0.25, 0.3) is 0 Å². The van der Waals surface area contributed by atoms with Crippen LogP contribution in [0.15, 0.2) is 48.5 Å². The number of halogens is 1. The number of para-hydroxylation sites is 1. The van der Waals surface area contributed by atoms with Crippen molar-refractivity contribution in [2.45, 2.75) is 0 Å². The maximum atomic E-state index is 12.5. The molecule has 0 spiro atoms. The van der Waals surface area contributed by atoms with Crippen LogP contribution in [0, 0.1) is 0 Å². The van der Waals surface area contributed by atoms with E-state index in [0.29, 0.717) is 31.2 Å². The Hall–Kier alpha value is -3.26. The zero-order chi connectivity index (χ0) is 21.5. The topological polar surface area (TPSA) is 105 Å². The van der Waals surface area contributed by atoms with E-state index in [0.717, 1.165) is 5.69 Å². The Labute approximate surface area is 179 Å². The van der Waals surface area contributed by atoms with Crippen LogP contribution < -0.4 is 20.7 Å². The van der Waals surface area contributed by atoms with Crippen molar-refractivity contribution in [2.24, 2.45) is 5.73 Å². The van der Waals surface area contributed by atoms with Crippen LogP contribution in [-0.2, 0) is 9.59 Å². The van der Waals surface area contributed by atoms with Gasteiger partial charge in [0.1, 0.15) is 5.75 Å². The minimum Gasteiger partial charge on any atom is -0.483 e. The zero-order valence-corrected chi connectivity index (χ0v) is 17.1. The van der Waals surface area contributed by atoms with Gasteiger partial charge in [-0.1, -0.05) is 29.8 Å². The van der Waals surface area contributed by atoms with Gasteiger partial charge in [0.05, 0.1) is 12.1 Å². The summed E-state index contributed by atoms with van der Waals surface area (Å²) >= 11 is 6.05. The van der Waals surface area contributed by atoms with Gasteiger partial charge in [0, 0.05) is 36.9 Å². The van der Waals surface area contributed by atoms with E-state index in [-0.39, 0.29) is 30.4 Å². The molecule has 1 saturated heterocycles. The van der Waals surface area contributed by atoms with Crippen LogP contribution in [-0.4, -0.2) is 62.0 Å². The number of nitrogens with two attached hydrogens (primary N) is 1. The Morgan fingerprint density at radius 3 is 2.47 bits per heavy atom. The Morgan fingerprint density at radius 2 is 1.77 bits per heavy atom. The van der Waals surface area contributed by atoms with Gasteiger partial charge in [0.15, 0.2) is 6.61 Å². The highest BCUT2D eigenvalue weighted by Crippen LogP contribution is 2.21. The van der Waals surface area contributed by atoms with Gasteiger partial charge in [-0.2, -0.15) is 0 Å². The van der Waals surface area contributed by atoms with Crippen molar-refractivity contribution in [3.05, 3.63) is 59.1 Å². The van der Waals surface area contributed by atoms with Gasteiger partial charge in [-0.05, 0) is 30.3 Å². The molecule has 9 heteroatoms. The number of rotatable bonds is 7. The second-order valence-electron chi connectivity index (χ2n) is 6.78. The number of piperazine rings is 1. The van der Waals surface area contributed by atoms with Gasteiger partial charge in [0.2, 0.25) is 5.91 Å². The summed E-state index contributed by atoms with van der Waals surface area (Å²) < 4.78 is 5.26. The molecule has 0 unspecified atom stereocenters. The summed E-state index contributed by atoms with van der Waals surface area (Å²) in [5, 5.41) is 3.29. The first-order chi connectivity index (χ1) is 14.4. The third kappa shape index (κ3) is 5.64. The number of hydrogen-bond acceptors (Lipinski definition) is 5. The molecule has 1 heterocycles. The van der Waals surface area contributed by atoms with Crippen molar-refractivity contribution < 1.29 is 19.1 Å². The van der Waals surface area contributed by atoms with Gasteiger partial charge in [-0.3, -0.25) is 14.4 Å². The van der Waals surface area contributed by atoms with E-state index in [1.54, 1.807) is 29.2 Å². The van der Waals surface area contributed by atoms with E-state index in [4.69, 9.17) is 22.1 Å². The van der Waals surface area contributed by atoms with Crippen LogP contribution in [0.2, 0.25) is 5.02 Å². The molecule has 1 aliphatic heterocycles. The van der Waals surface area contributed by atoms with E-state index in [9.17, 15) is 14.4 Å². The molecule has 0 radical (unpaired) electrons. The van der Waals surface area contributed by atoms with Crippen LogP contribution in [0.3, 0.4) is 0 Å². The van der Waals surface area contributed by atoms with Crippen molar-refractivity contribution in [3.63, 3.8) is 0 Å². The highest BCUT2D eigenvalue weighted by atomic mass is 35.5. The molecule has 2 aromatic carbocycles. The zero-order valence-electron chi connectivity index (χ0n) is 16.3. The van der Waals surface area contributed by atoms with Crippen LogP contribution in [0.4, 0.5) is 5.69 Å². The van der Waals surface area contributed by atoms with Crippen molar-refractivity contribution in [1.29, 1.82) is 0 Å². The largest absolute Gasteiger partial charge is 0.483 e. The molecule has 3 N–H and O–H groups in total. The molecule has 2 aromatic rings. The molecular weight excluding hydrogens is 408 g/mol. The molecule has 30 heavy (non-hydrogen) atoms. The smallest absolute Gasteiger partial charge is 0.255 e. The molecule has 3 rings (SSSR count). The Morgan fingerprint density at radius 1 is 1.03 bits per heavy atom. The molecule has 0 aliphatic carbocycles. The predicted molar refractivity (Wildman–Crippen MR) is 114 cm³/mol. The minimum absolute atomic E-state index is 0.125. The van der Waals surface area contributed by atoms with Gasteiger partial charge >= 0.3 is 0 Å². The summed E-state index contributed by atoms with van der Waals surface area (Å²) in [4.78, 5) is 39.8. The van der Waals surface area contributed by atoms with Crippen molar-refractivity contribution >= 4 is 35.0 Å². The van der Waals surface area contributed by atoms with Crippen molar-refractivity contribution in [2.75, 3.05) is 44.2 Å². The van der Waals surface area contributed by atoms with Gasteiger partial charge in [-0.25, -0.2) is 0 Å². The number of ether oxygens (including phenoxy) is 1. The van der Waals surface area contributed by atoms with Crippen LogP contribution in [0.1, 0.15) is 10.4 Å². The van der Waals surface area contributed by atoms with Gasteiger partial charge in [-0.15, -0.1) is 0 Å². The first kappa shape index (κ1) is 21.4.